The first kappa shape index (κ1) is 14.3. The average Bonchev–Trinajstić information content (AvgIpc) is 2.39. The molecule has 0 bridgehead atoms. The Kier molecular flexibility index (Phi) is 5.17. The fourth-order valence-corrected chi connectivity index (χ4v) is 2.60. The van der Waals surface area contributed by atoms with E-state index in [1.807, 2.05) is 11.8 Å². The number of nitrogens with zero attached hydrogens (tertiary/aromatic N) is 4. The Morgan fingerprint density at radius 2 is 2.11 bits per heavy atom. The SMILES string of the molecule is CC(CCO)Sc1nc(N)nc(N2CCOCC2)n1. The minimum atomic E-state index is 0.158. The van der Waals surface area contributed by atoms with E-state index in [1.165, 1.54) is 11.8 Å². The quantitative estimate of drug-likeness (QED) is 0.738. The van der Waals surface area contributed by atoms with E-state index in [-0.39, 0.29) is 17.8 Å². The van der Waals surface area contributed by atoms with Crippen molar-refractivity contribution in [3.05, 3.63) is 0 Å². The topological polar surface area (TPSA) is 97.4 Å². The molecule has 8 heteroatoms. The third-order valence-corrected chi connectivity index (χ3v) is 3.79. The number of aliphatic hydroxyl groups excluding tert-OH is 1. The van der Waals surface area contributed by atoms with Gasteiger partial charge in [0.2, 0.25) is 11.9 Å². The summed E-state index contributed by atoms with van der Waals surface area (Å²) in [4.78, 5) is 14.8. The van der Waals surface area contributed by atoms with Crippen LogP contribution in [0, 0.1) is 0 Å². The Morgan fingerprint density at radius 3 is 2.79 bits per heavy atom. The van der Waals surface area contributed by atoms with Crippen molar-refractivity contribution in [2.24, 2.45) is 0 Å². The van der Waals surface area contributed by atoms with Gasteiger partial charge in [0.05, 0.1) is 13.2 Å². The maximum Gasteiger partial charge on any atom is 0.231 e. The highest BCUT2D eigenvalue weighted by Crippen LogP contribution is 2.23. The monoisotopic (exact) mass is 285 g/mol. The molecule has 1 atom stereocenters. The summed E-state index contributed by atoms with van der Waals surface area (Å²) >= 11 is 1.50. The summed E-state index contributed by atoms with van der Waals surface area (Å²) in [5.41, 5.74) is 5.73. The highest BCUT2D eigenvalue weighted by Gasteiger charge is 2.16. The Bertz CT molecular complexity index is 414. The third kappa shape index (κ3) is 4.19. The van der Waals surface area contributed by atoms with Crippen molar-refractivity contribution in [2.75, 3.05) is 43.5 Å². The number of aromatic nitrogens is 3. The fourth-order valence-electron chi connectivity index (χ4n) is 1.74. The predicted molar refractivity (Wildman–Crippen MR) is 74.3 cm³/mol. The van der Waals surface area contributed by atoms with E-state index in [1.54, 1.807) is 0 Å². The van der Waals surface area contributed by atoms with E-state index < -0.39 is 0 Å². The van der Waals surface area contributed by atoms with Crippen LogP contribution in [0.5, 0.6) is 0 Å². The molecule has 0 aromatic carbocycles. The van der Waals surface area contributed by atoms with Crippen LogP contribution < -0.4 is 10.6 Å². The number of nitrogen functional groups attached to an aromatic ring is 1. The first-order chi connectivity index (χ1) is 9.19. The van der Waals surface area contributed by atoms with Gasteiger partial charge in [0, 0.05) is 24.9 Å². The number of hydrogen-bond acceptors (Lipinski definition) is 8. The number of anilines is 2. The summed E-state index contributed by atoms with van der Waals surface area (Å²) in [6.07, 6.45) is 0.698. The van der Waals surface area contributed by atoms with Gasteiger partial charge in [0.25, 0.3) is 0 Å². The molecule has 19 heavy (non-hydrogen) atoms. The normalized spacial score (nSPS) is 17.5. The van der Waals surface area contributed by atoms with Crippen LogP contribution in [0.4, 0.5) is 11.9 Å². The molecule has 3 N–H and O–H groups in total. The number of rotatable bonds is 5. The second-order valence-electron chi connectivity index (χ2n) is 4.32. The molecule has 0 spiro atoms. The molecule has 1 saturated heterocycles. The highest BCUT2D eigenvalue weighted by atomic mass is 32.2. The zero-order valence-electron chi connectivity index (χ0n) is 10.9. The second kappa shape index (κ2) is 6.88. The Morgan fingerprint density at radius 1 is 1.37 bits per heavy atom. The molecule has 2 heterocycles. The molecule has 7 nitrogen and oxygen atoms in total. The standard InChI is InChI=1S/C11H19N5O2S/c1-8(2-5-17)19-11-14-9(12)13-10(15-11)16-3-6-18-7-4-16/h8,17H,2-7H2,1H3,(H2,12,13,14,15). The first-order valence-electron chi connectivity index (χ1n) is 6.31. The van der Waals surface area contributed by atoms with E-state index in [2.05, 4.69) is 15.0 Å². The van der Waals surface area contributed by atoms with Crippen molar-refractivity contribution < 1.29 is 9.84 Å². The summed E-state index contributed by atoms with van der Waals surface area (Å²) in [5, 5.41) is 9.76. The minimum absolute atomic E-state index is 0.158. The van der Waals surface area contributed by atoms with Crippen LogP contribution in [0.25, 0.3) is 0 Å². The summed E-state index contributed by atoms with van der Waals surface area (Å²) in [7, 11) is 0. The van der Waals surface area contributed by atoms with Gasteiger partial charge in [-0.2, -0.15) is 15.0 Å². The lowest BCUT2D eigenvalue weighted by Crippen LogP contribution is -2.37. The average molecular weight is 285 g/mol. The van der Waals surface area contributed by atoms with Crippen LogP contribution in [0.2, 0.25) is 0 Å². The van der Waals surface area contributed by atoms with Gasteiger partial charge in [-0.1, -0.05) is 18.7 Å². The highest BCUT2D eigenvalue weighted by molar-refractivity contribution is 7.99. The molecular weight excluding hydrogens is 266 g/mol. The smallest absolute Gasteiger partial charge is 0.231 e. The van der Waals surface area contributed by atoms with Gasteiger partial charge < -0.3 is 20.5 Å². The fraction of sp³-hybridized carbons (Fsp3) is 0.727. The molecule has 0 aliphatic carbocycles. The Labute approximate surface area is 116 Å². The van der Waals surface area contributed by atoms with Gasteiger partial charge in [-0.15, -0.1) is 0 Å². The lowest BCUT2D eigenvalue weighted by molar-refractivity contribution is 0.122. The van der Waals surface area contributed by atoms with Crippen LogP contribution >= 0.6 is 11.8 Å². The molecule has 1 unspecified atom stereocenters. The summed E-state index contributed by atoms with van der Waals surface area (Å²) in [6, 6.07) is 0. The van der Waals surface area contributed by atoms with Gasteiger partial charge >= 0.3 is 0 Å². The summed E-state index contributed by atoms with van der Waals surface area (Å²) in [5.74, 6) is 0.838. The molecular formula is C11H19N5O2S. The van der Waals surface area contributed by atoms with Crippen LogP contribution in [-0.2, 0) is 4.74 Å². The number of morpholine rings is 1. The van der Waals surface area contributed by atoms with Crippen molar-refractivity contribution in [1.29, 1.82) is 0 Å². The largest absolute Gasteiger partial charge is 0.396 e. The number of hydrogen-bond donors (Lipinski definition) is 2. The van der Waals surface area contributed by atoms with Gasteiger partial charge in [0.1, 0.15) is 0 Å². The predicted octanol–water partition coefficient (Wildman–Crippen LogP) is 0.153. The molecule has 0 radical (unpaired) electrons. The second-order valence-corrected chi connectivity index (χ2v) is 5.72. The van der Waals surface area contributed by atoms with Crippen molar-refractivity contribution >= 4 is 23.7 Å². The molecule has 1 aliphatic heterocycles. The third-order valence-electron chi connectivity index (χ3n) is 2.76. The molecule has 1 aromatic heterocycles. The maximum atomic E-state index is 8.91. The van der Waals surface area contributed by atoms with E-state index in [0.29, 0.717) is 30.7 Å². The van der Waals surface area contributed by atoms with Gasteiger partial charge in [-0.25, -0.2) is 0 Å². The molecule has 1 aliphatic rings. The molecule has 106 valence electrons. The van der Waals surface area contributed by atoms with Crippen LogP contribution in [0.1, 0.15) is 13.3 Å². The van der Waals surface area contributed by atoms with Crippen molar-refractivity contribution in [1.82, 2.24) is 15.0 Å². The molecule has 0 saturated carbocycles. The first-order valence-corrected chi connectivity index (χ1v) is 7.19. The lowest BCUT2D eigenvalue weighted by Gasteiger charge is -2.26. The summed E-state index contributed by atoms with van der Waals surface area (Å²) in [6.45, 7) is 5.06. The number of ether oxygens (including phenoxy) is 1. The molecule has 1 fully saturated rings. The zero-order valence-corrected chi connectivity index (χ0v) is 11.8. The van der Waals surface area contributed by atoms with Crippen molar-refractivity contribution in [3.63, 3.8) is 0 Å². The lowest BCUT2D eigenvalue weighted by atomic mass is 10.4. The van der Waals surface area contributed by atoms with E-state index in [4.69, 9.17) is 15.6 Å². The van der Waals surface area contributed by atoms with Gasteiger partial charge in [-0.05, 0) is 6.42 Å². The molecule has 0 amide bonds. The molecule has 2 rings (SSSR count). The van der Waals surface area contributed by atoms with E-state index in [9.17, 15) is 0 Å². The van der Waals surface area contributed by atoms with Crippen LogP contribution in [0.3, 0.4) is 0 Å². The van der Waals surface area contributed by atoms with Crippen LogP contribution in [-0.4, -0.2) is 58.2 Å². The zero-order chi connectivity index (χ0) is 13.7. The minimum Gasteiger partial charge on any atom is -0.396 e. The Hall–Kier alpha value is -1.12. The summed E-state index contributed by atoms with van der Waals surface area (Å²) < 4.78 is 5.30. The van der Waals surface area contributed by atoms with Crippen molar-refractivity contribution in [3.8, 4) is 0 Å². The Balaban J connectivity index is 2.09. The van der Waals surface area contributed by atoms with Gasteiger partial charge in [0.15, 0.2) is 5.16 Å². The number of thioether (sulfide) groups is 1. The number of nitrogens with two attached hydrogens (primary N) is 1. The van der Waals surface area contributed by atoms with Gasteiger partial charge in [-0.3, -0.25) is 0 Å². The van der Waals surface area contributed by atoms with E-state index in [0.717, 1.165) is 13.1 Å². The number of aliphatic hydroxyl groups is 1. The van der Waals surface area contributed by atoms with Crippen LogP contribution in [0.15, 0.2) is 5.16 Å². The maximum absolute atomic E-state index is 8.91. The van der Waals surface area contributed by atoms with Crippen molar-refractivity contribution in [2.45, 2.75) is 23.8 Å². The molecule has 1 aromatic rings. The van der Waals surface area contributed by atoms with E-state index >= 15 is 0 Å².